The van der Waals surface area contributed by atoms with Crippen molar-refractivity contribution in [2.45, 2.75) is 46.6 Å². The van der Waals surface area contributed by atoms with E-state index in [1.165, 1.54) is 22.2 Å². The van der Waals surface area contributed by atoms with Gasteiger partial charge >= 0.3 is 6.16 Å². The zero-order valence-electron chi connectivity index (χ0n) is 20.3. The lowest BCUT2D eigenvalue weighted by Gasteiger charge is -2.31. The van der Waals surface area contributed by atoms with Gasteiger partial charge in [-0.3, -0.25) is 0 Å². The van der Waals surface area contributed by atoms with Gasteiger partial charge in [0.2, 0.25) is 0 Å². The summed E-state index contributed by atoms with van der Waals surface area (Å²) in [6, 6.07) is 14.5. The van der Waals surface area contributed by atoms with Crippen LogP contribution in [0.1, 0.15) is 59.2 Å². The first-order chi connectivity index (χ1) is 16.5. The van der Waals surface area contributed by atoms with E-state index in [1.807, 2.05) is 6.07 Å². The Morgan fingerprint density at radius 1 is 1.12 bits per heavy atom. The highest BCUT2D eigenvalue weighted by molar-refractivity contribution is 5.86. The topological polar surface area (TPSA) is 65.5 Å². The van der Waals surface area contributed by atoms with Crippen LogP contribution in [0.5, 0.6) is 11.5 Å². The van der Waals surface area contributed by atoms with Gasteiger partial charge in [0.15, 0.2) is 5.75 Å². The number of ether oxygens (including phenoxy) is 3. The number of nitrogens with zero attached hydrogens (tertiary/aromatic N) is 1. The molecule has 1 aliphatic rings. The zero-order chi connectivity index (χ0) is 24.0. The summed E-state index contributed by atoms with van der Waals surface area (Å²) in [7, 11) is 1.70. The van der Waals surface area contributed by atoms with E-state index in [4.69, 9.17) is 14.2 Å². The van der Waals surface area contributed by atoms with Crippen LogP contribution >= 0.6 is 0 Å². The molecule has 0 radical (unpaired) electrons. The average Bonchev–Trinajstić information content (AvgIpc) is 3.36. The molecule has 1 atom stereocenters. The number of aromatic nitrogens is 2. The summed E-state index contributed by atoms with van der Waals surface area (Å²) in [5.74, 6) is 1.42. The molecule has 0 saturated carbocycles. The molecule has 6 nitrogen and oxygen atoms in total. The number of methoxy groups -OCH3 is 1. The van der Waals surface area contributed by atoms with Crippen LogP contribution < -0.4 is 9.47 Å². The normalized spacial score (nSPS) is 14.6. The minimum Gasteiger partial charge on any atom is -0.497 e. The minimum absolute atomic E-state index is 0.0773. The van der Waals surface area contributed by atoms with Crippen LogP contribution in [0.25, 0.3) is 10.9 Å². The van der Waals surface area contributed by atoms with Gasteiger partial charge in [-0.1, -0.05) is 25.1 Å². The number of carbonyl (C=O) groups is 1. The van der Waals surface area contributed by atoms with Gasteiger partial charge in [-0.05, 0) is 67.6 Å². The van der Waals surface area contributed by atoms with Gasteiger partial charge in [-0.25, -0.2) is 4.79 Å². The third-order valence-corrected chi connectivity index (χ3v) is 6.80. The Bertz CT molecular complexity index is 1370. The fraction of sp³-hybridized carbons (Fsp3) is 0.321. The second kappa shape index (κ2) is 8.60. The van der Waals surface area contributed by atoms with Crippen LogP contribution in [0.4, 0.5) is 4.79 Å². The number of carbonyl (C=O) groups excluding carboxylic acids is 1. The molecular weight excluding hydrogens is 428 g/mol. The minimum atomic E-state index is -0.670. The van der Waals surface area contributed by atoms with E-state index in [-0.39, 0.29) is 12.6 Å². The highest BCUT2D eigenvalue weighted by Crippen LogP contribution is 2.46. The third kappa shape index (κ3) is 3.45. The van der Waals surface area contributed by atoms with Gasteiger partial charge in [0.05, 0.1) is 25.5 Å². The monoisotopic (exact) mass is 458 g/mol. The van der Waals surface area contributed by atoms with Gasteiger partial charge in [0.25, 0.3) is 0 Å². The van der Waals surface area contributed by atoms with E-state index in [9.17, 15) is 4.79 Å². The molecule has 2 aromatic heterocycles. The maximum Gasteiger partial charge on any atom is 0.513 e. The van der Waals surface area contributed by atoms with Crippen molar-refractivity contribution in [1.29, 1.82) is 0 Å². The molecule has 0 amide bonds. The Morgan fingerprint density at radius 3 is 2.53 bits per heavy atom. The van der Waals surface area contributed by atoms with Gasteiger partial charge in [0.1, 0.15) is 5.75 Å². The largest absolute Gasteiger partial charge is 0.513 e. The number of benzene rings is 2. The van der Waals surface area contributed by atoms with E-state index in [2.05, 4.69) is 66.7 Å². The van der Waals surface area contributed by atoms with Crippen LogP contribution in [0, 0.1) is 13.8 Å². The van der Waals surface area contributed by atoms with Crippen LogP contribution in [0.2, 0.25) is 0 Å². The van der Waals surface area contributed by atoms with Gasteiger partial charge in [0, 0.05) is 34.8 Å². The summed E-state index contributed by atoms with van der Waals surface area (Å²) >= 11 is 0. The first-order valence-electron chi connectivity index (χ1n) is 11.8. The number of fused-ring (bicyclic) bond motifs is 4. The van der Waals surface area contributed by atoms with Crippen molar-refractivity contribution in [3.8, 4) is 11.5 Å². The van der Waals surface area contributed by atoms with E-state index in [0.29, 0.717) is 12.2 Å². The first kappa shape index (κ1) is 22.1. The number of hydrogen-bond donors (Lipinski definition) is 1. The van der Waals surface area contributed by atoms with Crippen molar-refractivity contribution in [3.05, 3.63) is 81.8 Å². The van der Waals surface area contributed by atoms with Crippen LogP contribution in [0.15, 0.2) is 42.5 Å². The average molecular weight is 459 g/mol. The molecule has 5 rings (SSSR count). The fourth-order valence-corrected chi connectivity index (χ4v) is 5.39. The van der Waals surface area contributed by atoms with E-state index in [0.717, 1.165) is 40.2 Å². The molecule has 2 aromatic carbocycles. The summed E-state index contributed by atoms with van der Waals surface area (Å²) in [5, 5.41) is 1.19. The lowest BCUT2D eigenvalue weighted by atomic mass is 9.88. The lowest BCUT2D eigenvalue weighted by molar-refractivity contribution is 0.104. The molecule has 0 saturated heterocycles. The SMILES string of the molecule is CCOC(=O)Oc1cc(CC)n2c1Cc1c([nH]c3ccccc13)C2c1c(C)cc(OC)cc1C. The molecule has 176 valence electrons. The van der Waals surface area contributed by atoms with Gasteiger partial charge < -0.3 is 23.8 Å². The molecule has 4 aromatic rings. The predicted molar refractivity (Wildman–Crippen MR) is 132 cm³/mol. The van der Waals surface area contributed by atoms with Crippen molar-refractivity contribution < 1.29 is 19.0 Å². The molecule has 34 heavy (non-hydrogen) atoms. The second-order valence-corrected chi connectivity index (χ2v) is 8.77. The Hall–Kier alpha value is -3.67. The predicted octanol–water partition coefficient (Wildman–Crippen LogP) is 6.23. The first-order valence-corrected chi connectivity index (χ1v) is 11.8. The van der Waals surface area contributed by atoms with E-state index >= 15 is 0 Å². The Morgan fingerprint density at radius 2 is 1.85 bits per heavy atom. The molecular formula is C28H30N2O4. The summed E-state index contributed by atoms with van der Waals surface area (Å²) < 4.78 is 18.7. The highest BCUT2D eigenvalue weighted by atomic mass is 16.7. The Labute approximate surface area is 199 Å². The summed E-state index contributed by atoms with van der Waals surface area (Å²) in [6.45, 7) is 8.44. The van der Waals surface area contributed by atoms with Crippen molar-refractivity contribution in [1.82, 2.24) is 9.55 Å². The number of aromatic amines is 1. The van der Waals surface area contributed by atoms with Gasteiger partial charge in [-0.15, -0.1) is 0 Å². The quantitative estimate of drug-likeness (QED) is 0.317. The van der Waals surface area contributed by atoms with E-state index < -0.39 is 6.16 Å². The number of nitrogens with one attached hydrogen (secondary N) is 1. The van der Waals surface area contributed by atoms with Gasteiger partial charge in [-0.2, -0.15) is 0 Å². The van der Waals surface area contributed by atoms with Crippen molar-refractivity contribution >= 4 is 17.1 Å². The molecule has 6 heteroatoms. The molecule has 0 bridgehead atoms. The van der Waals surface area contributed by atoms with Crippen molar-refractivity contribution in [2.24, 2.45) is 0 Å². The van der Waals surface area contributed by atoms with Crippen molar-refractivity contribution in [2.75, 3.05) is 13.7 Å². The molecule has 1 N–H and O–H groups in total. The van der Waals surface area contributed by atoms with Crippen LogP contribution in [-0.2, 0) is 17.6 Å². The maximum atomic E-state index is 12.3. The molecule has 1 unspecified atom stereocenters. The summed E-state index contributed by atoms with van der Waals surface area (Å²) in [4.78, 5) is 16.0. The molecule has 0 aliphatic carbocycles. The number of rotatable bonds is 5. The third-order valence-electron chi connectivity index (χ3n) is 6.80. The summed E-state index contributed by atoms with van der Waals surface area (Å²) in [6.07, 6.45) is 0.801. The number of hydrogen-bond acceptors (Lipinski definition) is 4. The standard InChI is InChI=1S/C28H30N2O4/c1-6-18-14-24(34-28(31)33-7-2)23-15-21-20-10-8-9-11-22(20)29-26(21)27(30(18)23)25-16(3)12-19(32-5)13-17(25)4/h8-14,27,29H,6-7,15H2,1-5H3. The van der Waals surface area contributed by atoms with Crippen molar-refractivity contribution in [3.63, 3.8) is 0 Å². The number of para-hydroxylation sites is 1. The number of aryl methyl sites for hydroxylation is 3. The Kier molecular flexibility index (Phi) is 5.60. The highest BCUT2D eigenvalue weighted by Gasteiger charge is 2.35. The maximum absolute atomic E-state index is 12.3. The fourth-order valence-electron chi connectivity index (χ4n) is 5.39. The zero-order valence-corrected chi connectivity index (χ0v) is 20.3. The van der Waals surface area contributed by atoms with E-state index in [1.54, 1.807) is 14.0 Å². The summed E-state index contributed by atoms with van der Waals surface area (Å²) in [5.41, 5.74) is 9.15. The molecule has 1 aliphatic heterocycles. The van der Waals surface area contributed by atoms with Crippen LogP contribution in [0.3, 0.4) is 0 Å². The smallest absolute Gasteiger partial charge is 0.497 e. The molecule has 0 fully saturated rings. The second-order valence-electron chi connectivity index (χ2n) is 8.77. The van der Waals surface area contributed by atoms with Crippen LogP contribution in [-0.4, -0.2) is 29.4 Å². The molecule has 3 heterocycles. The number of H-pyrrole nitrogens is 1. The molecule has 0 spiro atoms. The lowest BCUT2D eigenvalue weighted by Crippen LogP contribution is -2.25. The Balaban J connectivity index is 1.79.